The molecule has 1 fully saturated rings. The van der Waals surface area contributed by atoms with Gasteiger partial charge in [0.2, 0.25) is 0 Å². The van der Waals surface area contributed by atoms with Crippen LogP contribution in [-0.2, 0) is 4.79 Å². The van der Waals surface area contributed by atoms with Gasteiger partial charge in [0.15, 0.2) is 5.78 Å². The molecule has 0 heterocycles. The Balaban J connectivity index is 1.66. The highest BCUT2D eigenvalue weighted by Crippen LogP contribution is 2.28. The Morgan fingerprint density at radius 1 is 1.22 bits per heavy atom. The maximum Gasteiger partial charge on any atom is 0.170 e. The first-order valence-electron chi connectivity index (χ1n) is 6.64. The summed E-state index contributed by atoms with van der Waals surface area (Å²) in [5, 5.41) is 0.676. The third-order valence-electron chi connectivity index (χ3n) is 3.52. The Morgan fingerprint density at radius 2 is 1.89 bits per heavy atom. The van der Waals surface area contributed by atoms with Gasteiger partial charge in [0.25, 0.3) is 0 Å². The molecule has 18 heavy (non-hydrogen) atoms. The fourth-order valence-electron chi connectivity index (χ4n) is 2.43. The van der Waals surface area contributed by atoms with Gasteiger partial charge in [-0.1, -0.05) is 37.3 Å². The lowest BCUT2D eigenvalue weighted by molar-refractivity contribution is -0.121. The first-order chi connectivity index (χ1) is 8.74. The van der Waals surface area contributed by atoms with Gasteiger partial charge in [-0.15, -0.1) is 0 Å². The number of carbonyl (C=O) groups excluding carboxylic acids is 1. The standard InChI is InChI=1S/C15H19ClO2/c16-13-6-9-15(10-7-13)18-11-14(17)8-5-12-3-1-2-4-12/h6-7,9-10,12H,1-5,8,11H2. The summed E-state index contributed by atoms with van der Waals surface area (Å²) >= 11 is 5.77. The Kier molecular flexibility index (Phi) is 5.06. The van der Waals surface area contributed by atoms with E-state index in [-0.39, 0.29) is 12.4 Å². The van der Waals surface area contributed by atoms with Gasteiger partial charge in [-0.3, -0.25) is 4.79 Å². The van der Waals surface area contributed by atoms with E-state index in [0.29, 0.717) is 17.2 Å². The van der Waals surface area contributed by atoms with Crippen LogP contribution in [-0.4, -0.2) is 12.4 Å². The highest BCUT2D eigenvalue weighted by Gasteiger charge is 2.16. The zero-order valence-electron chi connectivity index (χ0n) is 10.5. The molecule has 1 aromatic carbocycles. The minimum atomic E-state index is 0.175. The highest BCUT2D eigenvalue weighted by molar-refractivity contribution is 6.30. The first kappa shape index (κ1) is 13.4. The van der Waals surface area contributed by atoms with E-state index in [0.717, 1.165) is 12.3 Å². The summed E-state index contributed by atoms with van der Waals surface area (Å²) in [6.07, 6.45) is 6.94. The van der Waals surface area contributed by atoms with E-state index in [4.69, 9.17) is 16.3 Å². The third-order valence-corrected chi connectivity index (χ3v) is 3.77. The zero-order chi connectivity index (χ0) is 12.8. The van der Waals surface area contributed by atoms with Gasteiger partial charge >= 0.3 is 0 Å². The van der Waals surface area contributed by atoms with Crippen LogP contribution in [0.15, 0.2) is 24.3 Å². The van der Waals surface area contributed by atoms with Crippen molar-refractivity contribution in [2.75, 3.05) is 6.61 Å². The molecular weight excluding hydrogens is 248 g/mol. The number of rotatable bonds is 6. The molecule has 2 rings (SSSR count). The number of hydrogen-bond donors (Lipinski definition) is 0. The average Bonchev–Trinajstić information content (AvgIpc) is 2.89. The fourth-order valence-corrected chi connectivity index (χ4v) is 2.56. The van der Waals surface area contributed by atoms with E-state index in [1.165, 1.54) is 25.7 Å². The second-order valence-corrected chi connectivity index (χ2v) is 5.41. The van der Waals surface area contributed by atoms with Gasteiger partial charge < -0.3 is 4.74 Å². The monoisotopic (exact) mass is 266 g/mol. The van der Waals surface area contributed by atoms with Crippen molar-refractivity contribution in [1.29, 1.82) is 0 Å². The van der Waals surface area contributed by atoms with E-state index in [9.17, 15) is 4.79 Å². The molecule has 0 N–H and O–H groups in total. The lowest BCUT2D eigenvalue weighted by Crippen LogP contribution is -2.12. The molecule has 1 aromatic rings. The number of halogens is 1. The highest BCUT2D eigenvalue weighted by atomic mass is 35.5. The Labute approximate surface area is 113 Å². The summed E-state index contributed by atoms with van der Waals surface area (Å²) in [7, 11) is 0. The number of ketones is 1. The van der Waals surface area contributed by atoms with Crippen molar-refractivity contribution < 1.29 is 9.53 Å². The van der Waals surface area contributed by atoms with Crippen LogP contribution in [0.25, 0.3) is 0 Å². The van der Waals surface area contributed by atoms with Crippen LogP contribution >= 0.6 is 11.6 Å². The maximum absolute atomic E-state index is 11.7. The van der Waals surface area contributed by atoms with Crippen LogP contribution in [0, 0.1) is 5.92 Å². The van der Waals surface area contributed by atoms with E-state index < -0.39 is 0 Å². The summed E-state index contributed by atoms with van der Waals surface area (Å²) in [4.78, 5) is 11.7. The lowest BCUT2D eigenvalue weighted by atomic mass is 10.0. The van der Waals surface area contributed by atoms with Crippen molar-refractivity contribution in [3.05, 3.63) is 29.3 Å². The fraction of sp³-hybridized carbons (Fsp3) is 0.533. The SMILES string of the molecule is O=C(CCC1CCCC1)COc1ccc(Cl)cc1. The minimum Gasteiger partial charge on any atom is -0.486 e. The molecule has 0 saturated heterocycles. The number of hydrogen-bond acceptors (Lipinski definition) is 2. The number of carbonyl (C=O) groups is 1. The molecule has 0 aromatic heterocycles. The molecule has 2 nitrogen and oxygen atoms in total. The van der Waals surface area contributed by atoms with Gasteiger partial charge in [-0.25, -0.2) is 0 Å². The average molecular weight is 267 g/mol. The summed E-state index contributed by atoms with van der Waals surface area (Å²) in [5.74, 6) is 1.66. The second-order valence-electron chi connectivity index (χ2n) is 4.97. The first-order valence-corrected chi connectivity index (χ1v) is 7.02. The molecule has 3 heteroatoms. The molecule has 0 spiro atoms. The van der Waals surface area contributed by atoms with Gasteiger partial charge in [-0.2, -0.15) is 0 Å². The summed E-state index contributed by atoms with van der Waals surface area (Å²) in [5.41, 5.74) is 0. The van der Waals surface area contributed by atoms with Crippen LogP contribution in [0.3, 0.4) is 0 Å². The largest absolute Gasteiger partial charge is 0.486 e. The number of benzene rings is 1. The van der Waals surface area contributed by atoms with E-state index in [1.54, 1.807) is 24.3 Å². The molecule has 1 aliphatic rings. The van der Waals surface area contributed by atoms with Gasteiger partial charge in [0.1, 0.15) is 12.4 Å². The van der Waals surface area contributed by atoms with Crippen LogP contribution in [0.2, 0.25) is 5.02 Å². The maximum atomic E-state index is 11.7. The van der Waals surface area contributed by atoms with Gasteiger partial charge in [0, 0.05) is 11.4 Å². The molecule has 0 aliphatic heterocycles. The van der Waals surface area contributed by atoms with Crippen molar-refractivity contribution in [2.24, 2.45) is 5.92 Å². The Morgan fingerprint density at radius 3 is 2.56 bits per heavy atom. The quantitative estimate of drug-likeness (QED) is 0.769. The molecule has 0 amide bonds. The normalized spacial score (nSPS) is 15.8. The lowest BCUT2D eigenvalue weighted by Gasteiger charge is -2.08. The van der Waals surface area contributed by atoms with Crippen LogP contribution in [0.5, 0.6) is 5.75 Å². The van der Waals surface area contributed by atoms with Crippen molar-refractivity contribution >= 4 is 17.4 Å². The zero-order valence-corrected chi connectivity index (χ0v) is 11.3. The van der Waals surface area contributed by atoms with Gasteiger partial charge in [-0.05, 0) is 36.6 Å². The summed E-state index contributed by atoms with van der Waals surface area (Å²) < 4.78 is 5.43. The smallest absolute Gasteiger partial charge is 0.170 e. The summed E-state index contributed by atoms with van der Waals surface area (Å²) in [6, 6.07) is 7.10. The predicted molar refractivity (Wildman–Crippen MR) is 73.1 cm³/mol. The van der Waals surface area contributed by atoms with Crippen LogP contribution in [0.4, 0.5) is 0 Å². The van der Waals surface area contributed by atoms with Crippen molar-refractivity contribution in [2.45, 2.75) is 38.5 Å². The van der Waals surface area contributed by atoms with E-state index in [2.05, 4.69) is 0 Å². The molecule has 0 radical (unpaired) electrons. The Hall–Kier alpha value is -1.02. The topological polar surface area (TPSA) is 26.3 Å². The van der Waals surface area contributed by atoms with E-state index >= 15 is 0 Å². The molecule has 1 saturated carbocycles. The van der Waals surface area contributed by atoms with Crippen molar-refractivity contribution in [3.63, 3.8) is 0 Å². The molecule has 1 aliphatic carbocycles. The molecule has 0 unspecified atom stereocenters. The van der Waals surface area contributed by atoms with Gasteiger partial charge in [0.05, 0.1) is 0 Å². The predicted octanol–water partition coefficient (Wildman–Crippen LogP) is 4.26. The minimum absolute atomic E-state index is 0.175. The van der Waals surface area contributed by atoms with Crippen LogP contribution < -0.4 is 4.74 Å². The molecule has 98 valence electrons. The van der Waals surface area contributed by atoms with Crippen molar-refractivity contribution in [3.8, 4) is 5.75 Å². The number of Topliss-reactive ketones (excluding diaryl/α,β-unsaturated/α-hetero) is 1. The van der Waals surface area contributed by atoms with Crippen molar-refractivity contribution in [1.82, 2.24) is 0 Å². The number of ether oxygens (including phenoxy) is 1. The van der Waals surface area contributed by atoms with E-state index in [1.807, 2.05) is 0 Å². The third kappa shape index (κ3) is 4.34. The molecular formula is C15H19ClO2. The van der Waals surface area contributed by atoms with Crippen LogP contribution in [0.1, 0.15) is 38.5 Å². The second kappa shape index (κ2) is 6.79. The molecule has 0 bridgehead atoms. The Bertz CT molecular complexity index is 380. The summed E-state index contributed by atoms with van der Waals surface area (Å²) in [6.45, 7) is 0.175. The molecule has 0 atom stereocenters.